The van der Waals surface area contributed by atoms with Crippen LogP contribution in [0.25, 0.3) is 6.08 Å². The van der Waals surface area contributed by atoms with E-state index in [9.17, 15) is 4.79 Å². The lowest BCUT2D eigenvalue weighted by Gasteiger charge is -1.89. The lowest BCUT2D eigenvalue weighted by atomic mass is 10.2. The predicted molar refractivity (Wildman–Crippen MR) is 62.5 cm³/mol. The number of carboxylic acid groups (broad SMARTS) is 1. The summed E-state index contributed by atoms with van der Waals surface area (Å²) < 4.78 is 1.09. The summed E-state index contributed by atoms with van der Waals surface area (Å²) in [6.45, 7) is 0. The molecule has 0 aliphatic carbocycles. The Morgan fingerprint density at radius 1 is 1.64 bits per heavy atom. The molecule has 1 aromatic rings. The molecule has 0 aliphatic heterocycles. The smallest absolute Gasteiger partial charge is 0.303 e. The fourth-order valence-electron chi connectivity index (χ4n) is 0.986. The van der Waals surface area contributed by atoms with Crippen molar-refractivity contribution in [2.45, 2.75) is 19.3 Å². The third-order valence-electron chi connectivity index (χ3n) is 1.63. The van der Waals surface area contributed by atoms with Crippen molar-refractivity contribution < 1.29 is 9.90 Å². The number of allylic oxidation sites excluding steroid dienone is 1. The van der Waals surface area contributed by atoms with Crippen molar-refractivity contribution in [3.8, 4) is 0 Å². The number of carboxylic acids is 1. The van der Waals surface area contributed by atoms with Gasteiger partial charge < -0.3 is 5.11 Å². The minimum atomic E-state index is -0.725. The van der Waals surface area contributed by atoms with E-state index in [-0.39, 0.29) is 6.42 Å². The first kappa shape index (κ1) is 11.5. The summed E-state index contributed by atoms with van der Waals surface area (Å²) in [5, 5.41) is 10.4. The molecule has 0 amide bonds. The number of carbonyl (C=O) groups is 1. The Bertz CT molecular complexity index is 331. The Labute approximate surface area is 95.4 Å². The molecule has 14 heavy (non-hydrogen) atoms. The van der Waals surface area contributed by atoms with Crippen LogP contribution in [0.2, 0.25) is 0 Å². The van der Waals surface area contributed by atoms with Gasteiger partial charge in [0.15, 0.2) is 0 Å². The molecule has 76 valence electrons. The molecular formula is C10H11BrO2S. The van der Waals surface area contributed by atoms with Crippen LogP contribution in [0.5, 0.6) is 0 Å². The number of halogens is 1. The van der Waals surface area contributed by atoms with Crippen LogP contribution >= 0.6 is 27.3 Å². The van der Waals surface area contributed by atoms with Crippen LogP contribution < -0.4 is 0 Å². The minimum Gasteiger partial charge on any atom is -0.481 e. The summed E-state index contributed by atoms with van der Waals surface area (Å²) in [5.74, 6) is -0.725. The Morgan fingerprint density at radius 3 is 3.00 bits per heavy atom. The van der Waals surface area contributed by atoms with Gasteiger partial charge in [-0.15, -0.1) is 11.3 Å². The third-order valence-corrected chi connectivity index (χ3v) is 3.29. The fraction of sp³-hybridized carbons (Fsp3) is 0.300. The van der Waals surface area contributed by atoms with Gasteiger partial charge in [0, 0.05) is 21.2 Å². The summed E-state index contributed by atoms with van der Waals surface area (Å²) >= 11 is 5.04. The molecule has 0 aromatic carbocycles. The van der Waals surface area contributed by atoms with E-state index in [4.69, 9.17) is 5.11 Å². The Hall–Kier alpha value is -0.610. The largest absolute Gasteiger partial charge is 0.481 e. The Morgan fingerprint density at radius 2 is 2.43 bits per heavy atom. The predicted octanol–water partition coefficient (Wildman–Crippen LogP) is 3.78. The quantitative estimate of drug-likeness (QED) is 0.830. The summed E-state index contributed by atoms with van der Waals surface area (Å²) in [6.07, 6.45) is 5.82. The average molecular weight is 275 g/mol. The van der Waals surface area contributed by atoms with Crippen molar-refractivity contribution in [3.63, 3.8) is 0 Å². The number of hydrogen-bond acceptors (Lipinski definition) is 2. The molecule has 4 heteroatoms. The Kier molecular flexibility index (Phi) is 4.90. The molecule has 0 spiro atoms. The first-order chi connectivity index (χ1) is 6.68. The summed E-state index contributed by atoms with van der Waals surface area (Å²) in [7, 11) is 0. The maximum atomic E-state index is 10.2. The van der Waals surface area contributed by atoms with E-state index in [2.05, 4.69) is 15.9 Å². The van der Waals surface area contributed by atoms with Crippen molar-refractivity contribution in [2.75, 3.05) is 0 Å². The van der Waals surface area contributed by atoms with E-state index in [0.29, 0.717) is 6.42 Å². The van der Waals surface area contributed by atoms with Gasteiger partial charge in [-0.3, -0.25) is 4.79 Å². The van der Waals surface area contributed by atoms with Gasteiger partial charge in [-0.25, -0.2) is 0 Å². The molecule has 0 atom stereocenters. The third kappa shape index (κ3) is 4.58. The number of hydrogen-bond donors (Lipinski definition) is 1. The number of rotatable bonds is 5. The monoisotopic (exact) mass is 274 g/mol. The van der Waals surface area contributed by atoms with Crippen LogP contribution in [0.3, 0.4) is 0 Å². The highest BCUT2D eigenvalue weighted by molar-refractivity contribution is 9.10. The highest BCUT2D eigenvalue weighted by Crippen LogP contribution is 2.21. The van der Waals surface area contributed by atoms with Gasteiger partial charge in [-0.2, -0.15) is 0 Å². The zero-order chi connectivity index (χ0) is 10.4. The number of thiophene rings is 1. The highest BCUT2D eigenvalue weighted by Gasteiger charge is 1.94. The van der Waals surface area contributed by atoms with Gasteiger partial charge in [0.1, 0.15) is 0 Å². The number of aliphatic carboxylic acids is 1. The molecule has 1 aromatic heterocycles. The molecule has 0 saturated carbocycles. The number of unbranched alkanes of at least 4 members (excludes halogenated alkanes) is 1. The van der Waals surface area contributed by atoms with Crippen LogP contribution in [0.4, 0.5) is 0 Å². The van der Waals surface area contributed by atoms with Gasteiger partial charge in [0.25, 0.3) is 0 Å². The van der Waals surface area contributed by atoms with Crippen molar-refractivity contribution in [1.29, 1.82) is 0 Å². The molecule has 1 rings (SSSR count). The fourth-order valence-corrected chi connectivity index (χ4v) is 2.35. The van der Waals surface area contributed by atoms with Crippen molar-refractivity contribution in [2.24, 2.45) is 0 Å². The molecule has 0 aliphatic rings. The lowest BCUT2D eigenvalue weighted by Crippen LogP contribution is -1.92. The molecule has 1 N–H and O–H groups in total. The van der Waals surface area contributed by atoms with Crippen LogP contribution in [0, 0.1) is 0 Å². The van der Waals surface area contributed by atoms with Gasteiger partial charge in [0.05, 0.1) is 0 Å². The zero-order valence-electron chi connectivity index (χ0n) is 7.57. The van der Waals surface area contributed by atoms with Gasteiger partial charge >= 0.3 is 5.97 Å². The first-order valence-electron chi connectivity index (χ1n) is 4.31. The molecule has 2 nitrogen and oxygen atoms in total. The zero-order valence-corrected chi connectivity index (χ0v) is 9.97. The standard InChI is InChI=1S/C10H11BrO2S/c11-8-6-9(14-7-8)4-2-1-3-5-10(12)13/h2,4,6-7H,1,3,5H2,(H,12,13)/b4-2+. The average Bonchev–Trinajstić information content (AvgIpc) is 2.50. The van der Waals surface area contributed by atoms with Crippen molar-refractivity contribution in [3.05, 3.63) is 26.9 Å². The van der Waals surface area contributed by atoms with E-state index in [1.165, 1.54) is 4.88 Å². The van der Waals surface area contributed by atoms with E-state index in [1.807, 2.05) is 23.6 Å². The molecule has 0 radical (unpaired) electrons. The van der Waals surface area contributed by atoms with Gasteiger partial charge in [0.2, 0.25) is 0 Å². The first-order valence-corrected chi connectivity index (χ1v) is 5.98. The second-order valence-electron chi connectivity index (χ2n) is 2.86. The van der Waals surface area contributed by atoms with Crippen LogP contribution in [-0.2, 0) is 4.79 Å². The van der Waals surface area contributed by atoms with Gasteiger partial charge in [-0.1, -0.05) is 6.08 Å². The second-order valence-corrected chi connectivity index (χ2v) is 4.71. The SMILES string of the molecule is O=C(O)CCC/C=C/c1cc(Br)cs1. The van der Waals surface area contributed by atoms with Crippen LogP contribution in [-0.4, -0.2) is 11.1 Å². The molecule has 0 fully saturated rings. The topological polar surface area (TPSA) is 37.3 Å². The van der Waals surface area contributed by atoms with E-state index in [0.717, 1.165) is 10.9 Å². The van der Waals surface area contributed by atoms with Crippen molar-refractivity contribution >= 4 is 39.3 Å². The maximum absolute atomic E-state index is 10.2. The Balaban J connectivity index is 2.24. The lowest BCUT2D eigenvalue weighted by molar-refractivity contribution is -0.137. The molecule has 0 bridgehead atoms. The maximum Gasteiger partial charge on any atom is 0.303 e. The molecule has 0 unspecified atom stereocenters. The van der Waals surface area contributed by atoms with Gasteiger partial charge in [-0.05, 0) is 40.9 Å². The van der Waals surface area contributed by atoms with Crippen LogP contribution in [0.1, 0.15) is 24.1 Å². The normalized spacial score (nSPS) is 10.9. The second kappa shape index (κ2) is 5.98. The molecule has 1 heterocycles. The minimum absolute atomic E-state index is 0.248. The van der Waals surface area contributed by atoms with E-state index >= 15 is 0 Å². The van der Waals surface area contributed by atoms with E-state index < -0.39 is 5.97 Å². The molecular weight excluding hydrogens is 264 g/mol. The van der Waals surface area contributed by atoms with E-state index in [1.54, 1.807) is 11.3 Å². The summed E-state index contributed by atoms with van der Waals surface area (Å²) in [5.41, 5.74) is 0. The highest BCUT2D eigenvalue weighted by atomic mass is 79.9. The molecule has 0 saturated heterocycles. The van der Waals surface area contributed by atoms with Crippen LogP contribution in [0.15, 0.2) is 22.0 Å². The summed E-state index contributed by atoms with van der Waals surface area (Å²) in [4.78, 5) is 11.4. The van der Waals surface area contributed by atoms with Crippen molar-refractivity contribution in [1.82, 2.24) is 0 Å². The summed E-state index contributed by atoms with van der Waals surface area (Å²) in [6, 6.07) is 2.04.